The summed E-state index contributed by atoms with van der Waals surface area (Å²) in [5.41, 5.74) is 12.6. The monoisotopic (exact) mass is 1250 g/mol. The first kappa shape index (κ1) is 76.8. The normalized spacial score (nSPS) is 15.4. The van der Waals surface area contributed by atoms with E-state index in [0.29, 0.717) is 11.1 Å². The Morgan fingerprint density at radius 1 is 0.438 bits per heavy atom. The van der Waals surface area contributed by atoms with Crippen LogP contribution in [0.25, 0.3) is 0 Å². The summed E-state index contributed by atoms with van der Waals surface area (Å²) in [5, 5.41) is 62.0. The highest BCUT2D eigenvalue weighted by molar-refractivity contribution is 5.98. The fourth-order valence-electron chi connectivity index (χ4n) is 10.0. The van der Waals surface area contributed by atoms with Crippen molar-refractivity contribution in [2.24, 2.45) is 58.8 Å². The van der Waals surface area contributed by atoms with Crippen molar-refractivity contribution >= 4 is 82.5 Å². The number of ketones is 4. The zero-order chi connectivity index (χ0) is 67.4. The van der Waals surface area contributed by atoms with Crippen LogP contribution in [-0.4, -0.2) is 150 Å². The topological polar surface area (TPSA) is 452 Å². The summed E-state index contributed by atoms with van der Waals surface area (Å²) < 4.78 is 0. The number of carboxylic acid groups (broad SMARTS) is 4. The lowest BCUT2D eigenvalue weighted by Gasteiger charge is -2.30. The van der Waals surface area contributed by atoms with E-state index in [-0.39, 0.29) is 38.0 Å². The Hall–Kier alpha value is -8.26. The molecule has 0 unspecified atom stereocenters. The third-order valence-corrected chi connectivity index (χ3v) is 15.1. The van der Waals surface area contributed by atoms with Crippen molar-refractivity contribution in [2.45, 2.75) is 188 Å². The molecule has 0 spiro atoms. The molecule has 14 N–H and O–H groups in total. The molecule has 0 aliphatic heterocycles. The molecule has 0 heterocycles. The maximum atomic E-state index is 14.6. The number of nitrogens with one attached hydrogen (secondary N) is 5. The molecule has 26 nitrogen and oxygen atoms in total. The first-order valence-corrected chi connectivity index (χ1v) is 29.9. The van der Waals surface area contributed by atoms with Crippen molar-refractivity contribution < 1.29 is 92.7 Å². The summed E-state index contributed by atoms with van der Waals surface area (Å²) in [6.45, 7) is 13.1. The Bertz CT molecular complexity index is 2780. The van der Waals surface area contributed by atoms with Crippen LogP contribution in [0.1, 0.15) is 144 Å². The van der Waals surface area contributed by atoms with Gasteiger partial charge >= 0.3 is 23.9 Å². The Balaban J connectivity index is 2.39. The maximum Gasteiger partial charge on any atom is 0.307 e. The lowest BCUT2D eigenvalue weighted by atomic mass is 9.87. The largest absolute Gasteiger partial charge is 0.481 e. The highest BCUT2D eigenvalue weighted by Gasteiger charge is 2.38. The van der Waals surface area contributed by atoms with Crippen molar-refractivity contribution in [3.05, 3.63) is 71.8 Å². The van der Waals surface area contributed by atoms with E-state index in [1.165, 1.54) is 13.8 Å². The molecular formula is C63H91N7O19. The van der Waals surface area contributed by atoms with E-state index >= 15 is 0 Å². The van der Waals surface area contributed by atoms with Crippen LogP contribution in [0.5, 0.6) is 0 Å². The molecule has 89 heavy (non-hydrogen) atoms. The predicted octanol–water partition coefficient (Wildman–Crippen LogP) is 2.45. The zero-order valence-electron chi connectivity index (χ0n) is 51.9. The van der Waals surface area contributed by atoms with Crippen LogP contribution in [0.15, 0.2) is 60.7 Å². The van der Waals surface area contributed by atoms with Gasteiger partial charge in [0.05, 0.1) is 60.6 Å². The first-order valence-electron chi connectivity index (χ1n) is 29.9. The van der Waals surface area contributed by atoms with E-state index in [2.05, 4.69) is 26.6 Å². The van der Waals surface area contributed by atoms with Gasteiger partial charge in [0, 0.05) is 62.7 Å². The zero-order valence-corrected chi connectivity index (χ0v) is 51.9. The van der Waals surface area contributed by atoms with Crippen molar-refractivity contribution in [1.82, 2.24) is 26.6 Å². The highest BCUT2D eigenvalue weighted by Crippen LogP contribution is 2.23. The number of rotatable bonds is 44. The molecule has 12 atom stereocenters. The number of hydrogen-bond donors (Lipinski definition) is 12. The number of Topliss-reactive ketones (excluding diaryl/α,β-unsaturated/α-hetero) is 4. The lowest BCUT2D eigenvalue weighted by molar-refractivity contribution is -0.149. The number of hydrogen-bond acceptors (Lipinski definition) is 16. The Morgan fingerprint density at radius 3 is 1.37 bits per heavy atom. The van der Waals surface area contributed by atoms with E-state index in [0.717, 1.165) is 0 Å². The van der Waals surface area contributed by atoms with Gasteiger partial charge in [0.2, 0.25) is 35.4 Å². The van der Waals surface area contributed by atoms with Crippen molar-refractivity contribution in [3.8, 4) is 0 Å². The van der Waals surface area contributed by atoms with Crippen LogP contribution in [-0.2, 0) is 80.0 Å². The summed E-state index contributed by atoms with van der Waals surface area (Å²) in [7, 11) is 0. The standard InChI is InChI=1S/C63H91N7O19/c1-33(2)23-45(67-61(86)41(31-52(65)76)29-51(75)57(35(5)6)70-62(87)43(64)19-21-53(77)78)47(71)25-37(8)59(84)69-56(34(3)4)50(74)28-40(26-38-15-11-9-12-16-38)60(85)68-46(27-39-17-13-10-14-18-39)48(72)24-36(7)58(83)66-44(20-22-54(79)80)49(73)30-42(63(88)89)32-55(81)82/h9-18,33-37,40-47,56-57,71H,19-32,64H2,1-8H3,(H2,65,76)(H,66,83)(H,67,86)(H,68,85)(H,69,84)(H,70,87)(H,77,78)(H,79,80)(H,81,82)(H,88,89)/t36-,37-,40-,41+,42+,43+,44+,45+,46+,47+,56+,57+/m1/s1. The number of nitrogens with two attached hydrogens (primary N) is 2. The number of aliphatic hydroxyl groups excluding tert-OH is 1. The number of benzene rings is 2. The molecule has 0 bridgehead atoms. The van der Waals surface area contributed by atoms with Crippen LogP contribution in [0.2, 0.25) is 0 Å². The lowest BCUT2D eigenvalue weighted by Crippen LogP contribution is -2.52. The minimum atomic E-state index is -1.68. The minimum Gasteiger partial charge on any atom is -0.481 e. The Kier molecular flexibility index (Phi) is 33.0. The number of carbonyl (C=O) groups excluding carboxylic acids is 10. The fraction of sp³-hybridized carbons (Fsp3) is 0.587. The first-order chi connectivity index (χ1) is 41.6. The van der Waals surface area contributed by atoms with E-state index in [9.17, 15) is 87.5 Å². The summed E-state index contributed by atoms with van der Waals surface area (Å²) in [6.07, 6.45) is -7.19. The van der Waals surface area contributed by atoms with Gasteiger partial charge in [-0.15, -0.1) is 0 Å². The van der Waals surface area contributed by atoms with Gasteiger partial charge in [-0.3, -0.25) is 67.1 Å². The predicted molar refractivity (Wildman–Crippen MR) is 322 cm³/mol. The molecular weight excluding hydrogens is 1160 g/mol. The van der Waals surface area contributed by atoms with Gasteiger partial charge in [0.25, 0.3) is 0 Å². The van der Waals surface area contributed by atoms with Gasteiger partial charge < -0.3 is 63.6 Å². The van der Waals surface area contributed by atoms with Crippen molar-refractivity contribution in [1.29, 1.82) is 0 Å². The average molecular weight is 1250 g/mol. The van der Waals surface area contributed by atoms with E-state index in [4.69, 9.17) is 16.6 Å². The summed E-state index contributed by atoms with van der Waals surface area (Å²) in [6, 6.07) is 9.69. The number of aliphatic hydroxyl groups is 1. The van der Waals surface area contributed by atoms with E-state index in [1.807, 2.05) is 13.8 Å². The number of primary amides is 1. The van der Waals surface area contributed by atoms with Gasteiger partial charge in [-0.25, -0.2) is 0 Å². The molecule has 2 rings (SSSR count). The molecule has 492 valence electrons. The third kappa shape index (κ3) is 28.6. The number of carbonyl (C=O) groups is 14. The highest BCUT2D eigenvalue weighted by atomic mass is 16.4. The maximum absolute atomic E-state index is 14.6. The van der Waals surface area contributed by atoms with Gasteiger partial charge in [0.1, 0.15) is 0 Å². The molecule has 2 aromatic rings. The van der Waals surface area contributed by atoms with Gasteiger partial charge in [-0.2, -0.15) is 0 Å². The smallest absolute Gasteiger partial charge is 0.307 e. The van der Waals surface area contributed by atoms with E-state index in [1.54, 1.807) is 88.4 Å². The quantitative estimate of drug-likeness (QED) is 0.0453. The van der Waals surface area contributed by atoms with Gasteiger partial charge in [-0.05, 0) is 67.4 Å². The van der Waals surface area contributed by atoms with Gasteiger partial charge in [-0.1, -0.05) is 116 Å². The summed E-state index contributed by atoms with van der Waals surface area (Å²) in [4.78, 5) is 183. The van der Waals surface area contributed by atoms with E-state index < -0.39 is 224 Å². The molecule has 0 radical (unpaired) electrons. The third-order valence-electron chi connectivity index (χ3n) is 15.1. The second-order valence-electron chi connectivity index (χ2n) is 24.2. The Labute approximate surface area is 518 Å². The summed E-state index contributed by atoms with van der Waals surface area (Å²) >= 11 is 0. The number of amides is 6. The average Bonchev–Trinajstić information content (AvgIpc) is 2.60. The number of aliphatic carboxylic acids is 4. The molecule has 0 saturated carbocycles. The molecule has 2 aromatic carbocycles. The fourth-order valence-corrected chi connectivity index (χ4v) is 10.0. The minimum absolute atomic E-state index is 0.0109. The second-order valence-corrected chi connectivity index (χ2v) is 24.2. The SMILES string of the molecule is CC(C)C[C@H](NC(=O)[C@H](CC(N)=O)CC(=O)[C@@H](NC(=O)[C@@H](N)CCC(=O)O)C(C)C)[C@@H](O)C[C@@H](C)C(=O)N[C@H](C(=O)C[C@@H](Cc1ccccc1)C(=O)N[C@@H](Cc1ccccc1)C(=O)C[C@@H](C)C(=O)N[C@@H](CCC(=O)O)C(=O)C[C@@H](CC(=O)O)C(=O)O)C(C)C. The molecule has 6 amide bonds. The van der Waals surface area contributed by atoms with Crippen molar-refractivity contribution in [3.63, 3.8) is 0 Å². The van der Waals surface area contributed by atoms with Crippen LogP contribution in [0.3, 0.4) is 0 Å². The van der Waals surface area contributed by atoms with Crippen LogP contribution >= 0.6 is 0 Å². The molecule has 0 aromatic heterocycles. The van der Waals surface area contributed by atoms with Gasteiger partial charge in [0.15, 0.2) is 23.1 Å². The molecule has 0 aliphatic rings. The summed E-state index contributed by atoms with van der Waals surface area (Å²) in [5.74, 6) is -20.8. The Morgan fingerprint density at radius 2 is 0.888 bits per heavy atom. The second kappa shape index (κ2) is 38.2. The van der Waals surface area contributed by atoms with Crippen LogP contribution in [0, 0.1) is 47.3 Å². The molecule has 0 saturated heterocycles. The molecule has 0 aliphatic carbocycles. The van der Waals surface area contributed by atoms with Crippen LogP contribution < -0.4 is 38.1 Å². The number of carboxylic acids is 4. The molecule has 0 fully saturated rings. The molecule has 26 heteroatoms. The van der Waals surface area contributed by atoms with Crippen LogP contribution in [0.4, 0.5) is 0 Å². The van der Waals surface area contributed by atoms with Crippen molar-refractivity contribution in [2.75, 3.05) is 0 Å².